The molecule has 0 radical (unpaired) electrons. The van der Waals surface area contributed by atoms with Crippen LogP contribution in [0.1, 0.15) is 32.0 Å². The number of rotatable bonds is 6. The van der Waals surface area contributed by atoms with E-state index >= 15 is 0 Å². The van der Waals surface area contributed by atoms with Gasteiger partial charge in [0.2, 0.25) is 5.91 Å². The van der Waals surface area contributed by atoms with Gasteiger partial charge in [0.25, 0.3) is 5.56 Å². The van der Waals surface area contributed by atoms with Gasteiger partial charge in [-0.15, -0.1) is 0 Å². The Kier molecular flexibility index (Phi) is 5.76. The lowest BCUT2D eigenvalue weighted by Gasteiger charge is -2.33. The number of carbonyl (C=O) groups excluding carboxylic acids is 1. The van der Waals surface area contributed by atoms with Gasteiger partial charge in [0.05, 0.1) is 12.6 Å². The molecule has 1 amide bonds. The number of aryl methyl sites for hydroxylation is 1. The lowest BCUT2D eigenvalue weighted by atomic mass is 10.0. The van der Waals surface area contributed by atoms with Gasteiger partial charge in [0, 0.05) is 24.5 Å². The van der Waals surface area contributed by atoms with Crippen molar-refractivity contribution in [3.8, 4) is 5.75 Å². The monoisotopic (exact) mass is 411 g/mol. The molecule has 2 aromatic heterocycles. The van der Waals surface area contributed by atoms with Crippen LogP contribution in [0.4, 0.5) is 0 Å². The normalized spacial score (nSPS) is 17.5. The van der Waals surface area contributed by atoms with E-state index in [0.717, 1.165) is 24.0 Å². The van der Waals surface area contributed by atoms with Gasteiger partial charge < -0.3 is 10.1 Å². The number of methoxy groups -OCH3 is 1. The van der Waals surface area contributed by atoms with Crippen molar-refractivity contribution in [2.45, 2.75) is 45.7 Å². The molecule has 1 aliphatic rings. The minimum absolute atomic E-state index is 0.0929. The molecule has 1 atom stereocenters. The van der Waals surface area contributed by atoms with E-state index in [2.05, 4.69) is 22.2 Å². The molecule has 8 nitrogen and oxygen atoms in total. The van der Waals surface area contributed by atoms with E-state index in [1.54, 1.807) is 13.2 Å². The molecule has 0 unspecified atom stereocenters. The number of hydrogen-bond donors (Lipinski definition) is 1. The van der Waals surface area contributed by atoms with Crippen LogP contribution in [0.5, 0.6) is 5.75 Å². The van der Waals surface area contributed by atoms with Gasteiger partial charge in [-0.2, -0.15) is 5.10 Å². The highest BCUT2D eigenvalue weighted by Crippen LogP contribution is 2.28. The molecule has 1 saturated heterocycles. The summed E-state index contributed by atoms with van der Waals surface area (Å²) in [6, 6.07) is 8.04. The topological polar surface area (TPSA) is 80.9 Å². The van der Waals surface area contributed by atoms with E-state index in [0.29, 0.717) is 29.7 Å². The Morgan fingerprint density at radius 1 is 1.30 bits per heavy atom. The average Bonchev–Trinajstić information content (AvgIpc) is 3.14. The second-order valence-electron chi connectivity index (χ2n) is 8.00. The lowest BCUT2D eigenvalue weighted by Crippen LogP contribution is -2.43. The summed E-state index contributed by atoms with van der Waals surface area (Å²) >= 11 is 0. The number of ether oxygens (including phenoxy) is 1. The first-order valence-corrected chi connectivity index (χ1v) is 10.6. The van der Waals surface area contributed by atoms with Crippen LogP contribution < -0.4 is 15.6 Å². The summed E-state index contributed by atoms with van der Waals surface area (Å²) in [5.74, 6) is 1.14. The number of aromatic nitrogens is 3. The molecule has 1 fully saturated rings. The van der Waals surface area contributed by atoms with Gasteiger partial charge >= 0.3 is 0 Å². The van der Waals surface area contributed by atoms with Crippen LogP contribution >= 0.6 is 0 Å². The summed E-state index contributed by atoms with van der Waals surface area (Å²) in [6.45, 7) is 6.46. The molecule has 0 bridgehead atoms. The van der Waals surface area contributed by atoms with E-state index in [1.165, 1.54) is 23.9 Å². The van der Waals surface area contributed by atoms with E-state index in [-0.39, 0.29) is 18.0 Å². The Morgan fingerprint density at radius 2 is 2.13 bits per heavy atom. The predicted molar refractivity (Wildman–Crippen MR) is 116 cm³/mol. The first-order chi connectivity index (χ1) is 14.5. The van der Waals surface area contributed by atoms with E-state index in [4.69, 9.17) is 4.74 Å². The van der Waals surface area contributed by atoms with Gasteiger partial charge in [-0.25, -0.2) is 4.68 Å². The summed E-state index contributed by atoms with van der Waals surface area (Å²) in [7, 11) is 1.61. The van der Waals surface area contributed by atoms with Crippen LogP contribution in [0.15, 0.2) is 29.1 Å². The van der Waals surface area contributed by atoms with Gasteiger partial charge in [-0.3, -0.25) is 18.9 Å². The molecule has 30 heavy (non-hydrogen) atoms. The fraction of sp³-hybridized carbons (Fsp3) is 0.500. The molecule has 1 aromatic carbocycles. The molecule has 3 heterocycles. The summed E-state index contributed by atoms with van der Waals surface area (Å²) < 4.78 is 8.48. The van der Waals surface area contributed by atoms with Crippen molar-refractivity contribution in [1.29, 1.82) is 0 Å². The lowest BCUT2D eigenvalue weighted by molar-refractivity contribution is -0.122. The van der Waals surface area contributed by atoms with Crippen molar-refractivity contribution >= 4 is 22.3 Å². The molecule has 4 rings (SSSR count). The van der Waals surface area contributed by atoms with E-state index in [1.807, 2.05) is 29.5 Å². The zero-order valence-electron chi connectivity index (χ0n) is 17.9. The molecular weight excluding hydrogens is 382 g/mol. The number of nitrogens with zero attached hydrogens (tertiary/aromatic N) is 4. The van der Waals surface area contributed by atoms with Gasteiger partial charge in [-0.05, 0) is 51.4 Å². The average molecular weight is 412 g/mol. The first kappa shape index (κ1) is 20.4. The summed E-state index contributed by atoms with van der Waals surface area (Å²) in [5.41, 5.74) is 1.05. The van der Waals surface area contributed by atoms with Crippen LogP contribution in [-0.2, 0) is 11.3 Å². The molecule has 160 valence electrons. The number of amides is 1. The van der Waals surface area contributed by atoms with Crippen LogP contribution in [0.25, 0.3) is 16.4 Å². The molecule has 1 N–H and O–H groups in total. The Hall–Kier alpha value is -2.87. The Morgan fingerprint density at radius 3 is 2.90 bits per heavy atom. The highest BCUT2D eigenvalue weighted by Gasteiger charge is 2.18. The number of nitrogens with one attached hydrogen (secondary N) is 1. The number of fused-ring (bicyclic) bond motifs is 3. The minimum Gasteiger partial charge on any atom is -0.496 e. The summed E-state index contributed by atoms with van der Waals surface area (Å²) in [4.78, 5) is 27.9. The molecule has 1 aliphatic heterocycles. The second-order valence-corrected chi connectivity index (χ2v) is 8.00. The van der Waals surface area contributed by atoms with E-state index in [9.17, 15) is 9.59 Å². The van der Waals surface area contributed by atoms with Crippen LogP contribution in [-0.4, -0.2) is 57.8 Å². The maximum atomic E-state index is 13.0. The highest BCUT2D eigenvalue weighted by atomic mass is 16.5. The molecule has 0 spiro atoms. The zero-order chi connectivity index (χ0) is 21.3. The largest absolute Gasteiger partial charge is 0.496 e. The van der Waals surface area contributed by atoms with Crippen molar-refractivity contribution in [3.63, 3.8) is 0 Å². The number of hydrogen-bond acceptors (Lipinski definition) is 5. The second kappa shape index (κ2) is 8.47. The van der Waals surface area contributed by atoms with Crippen molar-refractivity contribution in [1.82, 2.24) is 24.4 Å². The summed E-state index contributed by atoms with van der Waals surface area (Å²) in [5, 5.41) is 8.16. The standard InChI is InChI=1S/C22H29N5O3/c1-15-7-4-5-11-25(15)12-10-23-21(28)14-26-22(29)19-13-17-18(27(19)16(2)24-26)8-6-9-20(17)30-3/h6,8-9,13,15H,4-5,7,10-12,14H2,1-3H3,(H,23,28)/t15-/m1/s1. The molecular formula is C22H29N5O3. The number of benzene rings is 1. The highest BCUT2D eigenvalue weighted by molar-refractivity contribution is 5.92. The Labute approximate surface area is 175 Å². The maximum absolute atomic E-state index is 13.0. The van der Waals surface area contributed by atoms with E-state index < -0.39 is 0 Å². The van der Waals surface area contributed by atoms with Crippen LogP contribution in [0.3, 0.4) is 0 Å². The Balaban J connectivity index is 1.51. The van der Waals surface area contributed by atoms with Gasteiger partial charge in [-0.1, -0.05) is 12.5 Å². The maximum Gasteiger partial charge on any atom is 0.291 e. The van der Waals surface area contributed by atoms with Gasteiger partial charge in [0.15, 0.2) is 0 Å². The smallest absolute Gasteiger partial charge is 0.291 e. The fourth-order valence-electron chi connectivity index (χ4n) is 4.41. The summed E-state index contributed by atoms with van der Waals surface area (Å²) in [6.07, 6.45) is 3.71. The van der Waals surface area contributed by atoms with Crippen molar-refractivity contribution < 1.29 is 9.53 Å². The third kappa shape index (κ3) is 3.79. The number of piperidine rings is 1. The zero-order valence-corrected chi connectivity index (χ0v) is 17.9. The molecule has 3 aromatic rings. The predicted octanol–water partition coefficient (Wildman–Crippen LogP) is 1.96. The Bertz CT molecular complexity index is 1130. The van der Waals surface area contributed by atoms with Gasteiger partial charge in [0.1, 0.15) is 23.6 Å². The van der Waals surface area contributed by atoms with Crippen molar-refractivity contribution in [2.75, 3.05) is 26.7 Å². The molecule has 8 heteroatoms. The molecule has 0 aliphatic carbocycles. The van der Waals surface area contributed by atoms with Crippen LogP contribution in [0, 0.1) is 6.92 Å². The quantitative estimate of drug-likeness (QED) is 0.671. The fourth-order valence-corrected chi connectivity index (χ4v) is 4.41. The minimum atomic E-state index is -0.293. The number of carbonyl (C=O) groups is 1. The SMILES string of the molecule is COc1cccc2c1cc1c(=O)n(CC(=O)NCCN3CCCC[C@H]3C)nc(C)n12. The van der Waals surface area contributed by atoms with Crippen molar-refractivity contribution in [2.24, 2.45) is 0 Å². The third-order valence-corrected chi connectivity index (χ3v) is 6.02. The molecule has 0 saturated carbocycles. The number of likely N-dealkylation sites (tertiary alicyclic amines) is 1. The third-order valence-electron chi connectivity index (χ3n) is 6.02. The van der Waals surface area contributed by atoms with Crippen LogP contribution in [0.2, 0.25) is 0 Å². The first-order valence-electron chi connectivity index (χ1n) is 10.6. The van der Waals surface area contributed by atoms with Crippen molar-refractivity contribution in [3.05, 3.63) is 40.4 Å².